The van der Waals surface area contributed by atoms with Crippen molar-refractivity contribution in [3.63, 3.8) is 0 Å². The highest BCUT2D eigenvalue weighted by atomic mass is 19.1. The van der Waals surface area contributed by atoms with Crippen molar-refractivity contribution >= 4 is 11.6 Å². The van der Waals surface area contributed by atoms with Gasteiger partial charge in [-0.15, -0.1) is 0 Å². The van der Waals surface area contributed by atoms with Gasteiger partial charge in [-0.3, -0.25) is 4.79 Å². The second kappa shape index (κ2) is 5.35. The molecular weight excluding hydrogens is 235 g/mol. The van der Waals surface area contributed by atoms with Gasteiger partial charge in [-0.1, -0.05) is 0 Å². The number of carbonyl (C=O) groups is 1. The Bertz CT molecular complexity index is 451. The van der Waals surface area contributed by atoms with Crippen LogP contribution in [0.15, 0.2) is 18.2 Å². The number of benzene rings is 1. The molecule has 1 heterocycles. The quantitative estimate of drug-likeness (QED) is 0.830. The summed E-state index contributed by atoms with van der Waals surface area (Å²) in [6, 6.07) is 4.07. The molecular formula is C13H17FN2O2. The van der Waals surface area contributed by atoms with Crippen molar-refractivity contribution in [2.45, 2.75) is 6.42 Å². The molecule has 1 aliphatic heterocycles. The SMILES string of the molecule is COCC1CCN(C(=O)c2cc(N)ccc2F)C1. The van der Waals surface area contributed by atoms with Gasteiger partial charge in [0.25, 0.3) is 5.91 Å². The molecule has 1 fully saturated rings. The summed E-state index contributed by atoms with van der Waals surface area (Å²) < 4.78 is 18.7. The Morgan fingerprint density at radius 2 is 2.39 bits per heavy atom. The van der Waals surface area contributed by atoms with Crippen LogP contribution in [0.2, 0.25) is 0 Å². The summed E-state index contributed by atoms with van der Waals surface area (Å²) in [5.74, 6) is -0.481. The monoisotopic (exact) mass is 252 g/mol. The van der Waals surface area contributed by atoms with Gasteiger partial charge in [0.2, 0.25) is 0 Å². The van der Waals surface area contributed by atoms with Crippen LogP contribution in [-0.2, 0) is 4.74 Å². The smallest absolute Gasteiger partial charge is 0.256 e. The Labute approximate surface area is 106 Å². The molecule has 4 nitrogen and oxygen atoms in total. The summed E-state index contributed by atoms with van der Waals surface area (Å²) in [5.41, 5.74) is 6.03. The fraction of sp³-hybridized carbons (Fsp3) is 0.462. The van der Waals surface area contributed by atoms with E-state index in [-0.39, 0.29) is 11.5 Å². The number of ether oxygens (including phenoxy) is 1. The predicted octanol–water partition coefficient (Wildman–Crippen LogP) is 1.52. The maximum absolute atomic E-state index is 13.6. The number of nitrogen functional groups attached to an aromatic ring is 1. The van der Waals surface area contributed by atoms with Crippen LogP contribution in [-0.4, -0.2) is 37.6 Å². The van der Waals surface area contributed by atoms with E-state index in [4.69, 9.17) is 10.5 Å². The van der Waals surface area contributed by atoms with E-state index >= 15 is 0 Å². The van der Waals surface area contributed by atoms with E-state index in [1.807, 2.05) is 0 Å². The number of carbonyl (C=O) groups excluding carboxylic acids is 1. The minimum Gasteiger partial charge on any atom is -0.399 e. The van der Waals surface area contributed by atoms with Crippen molar-refractivity contribution in [2.24, 2.45) is 5.92 Å². The number of methoxy groups -OCH3 is 1. The van der Waals surface area contributed by atoms with Crippen molar-refractivity contribution in [1.82, 2.24) is 4.90 Å². The molecule has 1 aromatic carbocycles. The average molecular weight is 252 g/mol. The average Bonchev–Trinajstić information content (AvgIpc) is 2.80. The second-order valence-corrected chi connectivity index (χ2v) is 4.60. The van der Waals surface area contributed by atoms with Crippen LogP contribution < -0.4 is 5.73 Å². The lowest BCUT2D eigenvalue weighted by atomic mass is 10.1. The van der Waals surface area contributed by atoms with E-state index in [0.29, 0.717) is 31.3 Å². The molecule has 0 saturated carbocycles. The third-order valence-electron chi connectivity index (χ3n) is 3.20. The normalized spacial score (nSPS) is 19.2. The number of rotatable bonds is 3. The third kappa shape index (κ3) is 2.61. The highest BCUT2D eigenvalue weighted by Gasteiger charge is 2.28. The molecule has 0 radical (unpaired) electrons. The maximum Gasteiger partial charge on any atom is 0.256 e. The number of likely N-dealkylation sites (tertiary alicyclic amines) is 1. The van der Waals surface area contributed by atoms with Crippen LogP contribution in [0.3, 0.4) is 0 Å². The number of anilines is 1. The van der Waals surface area contributed by atoms with Gasteiger partial charge in [-0.25, -0.2) is 4.39 Å². The fourth-order valence-electron chi connectivity index (χ4n) is 2.27. The Balaban J connectivity index is 2.10. The molecule has 0 spiro atoms. The first kappa shape index (κ1) is 12.8. The molecule has 5 heteroatoms. The number of halogens is 1. The molecule has 2 N–H and O–H groups in total. The summed E-state index contributed by atoms with van der Waals surface area (Å²) in [4.78, 5) is 13.8. The van der Waals surface area contributed by atoms with Gasteiger partial charge >= 0.3 is 0 Å². The van der Waals surface area contributed by atoms with Gasteiger partial charge in [0.05, 0.1) is 12.2 Å². The molecule has 0 aromatic heterocycles. The van der Waals surface area contributed by atoms with Gasteiger partial charge in [-0.05, 0) is 24.6 Å². The van der Waals surface area contributed by atoms with Crippen LogP contribution in [0.5, 0.6) is 0 Å². The van der Waals surface area contributed by atoms with Crippen molar-refractivity contribution in [2.75, 3.05) is 32.5 Å². The van der Waals surface area contributed by atoms with Crippen LogP contribution in [0.4, 0.5) is 10.1 Å². The third-order valence-corrected chi connectivity index (χ3v) is 3.20. The first-order valence-electron chi connectivity index (χ1n) is 5.95. The highest BCUT2D eigenvalue weighted by molar-refractivity contribution is 5.95. The first-order valence-corrected chi connectivity index (χ1v) is 5.95. The molecule has 2 rings (SSSR count). The molecule has 0 bridgehead atoms. The van der Waals surface area contributed by atoms with Gasteiger partial charge in [0.15, 0.2) is 0 Å². The molecule has 1 atom stereocenters. The van der Waals surface area contributed by atoms with Crippen molar-refractivity contribution in [3.05, 3.63) is 29.6 Å². The molecule has 1 unspecified atom stereocenters. The van der Waals surface area contributed by atoms with Crippen LogP contribution in [0, 0.1) is 11.7 Å². The van der Waals surface area contributed by atoms with Crippen molar-refractivity contribution < 1.29 is 13.9 Å². The number of amides is 1. The summed E-state index contributed by atoms with van der Waals surface area (Å²) in [7, 11) is 1.64. The fourth-order valence-corrected chi connectivity index (χ4v) is 2.27. The lowest BCUT2D eigenvalue weighted by molar-refractivity contribution is 0.0771. The first-order chi connectivity index (χ1) is 8.61. The molecule has 1 saturated heterocycles. The van der Waals surface area contributed by atoms with Crippen LogP contribution in [0.25, 0.3) is 0 Å². The van der Waals surface area contributed by atoms with Crippen molar-refractivity contribution in [1.29, 1.82) is 0 Å². The van der Waals surface area contributed by atoms with Gasteiger partial charge < -0.3 is 15.4 Å². The maximum atomic E-state index is 13.6. The Morgan fingerprint density at radius 3 is 3.11 bits per heavy atom. The Hall–Kier alpha value is -1.62. The molecule has 1 aliphatic rings. The highest BCUT2D eigenvalue weighted by Crippen LogP contribution is 2.21. The lowest BCUT2D eigenvalue weighted by Gasteiger charge is -2.17. The van der Waals surface area contributed by atoms with E-state index in [9.17, 15) is 9.18 Å². The summed E-state index contributed by atoms with van der Waals surface area (Å²) in [6.07, 6.45) is 0.892. The Kier molecular flexibility index (Phi) is 3.81. The molecule has 0 aliphatic carbocycles. The standard InChI is InChI=1S/C13H17FN2O2/c1-18-8-9-4-5-16(7-9)13(17)11-6-10(15)2-3-12(11)14/h2-3,6,9H,4-5,7-8,15H2,1H3. The predicted molar refractivity (Wildman–Crippen MR) is 66.7 cm³/mol. The minimum atomic E-state index is -0.524. The van der Waals surface area contributed by atoms with E-state index in [0.717, 1.165) is 6.42 Å². The van der Waals surface area contributed by atoms with Crippen LogP contribution in [0.1, 0.15) is 16.8 Å². The van der Waals surface area contributed by atoms with Gasteiger partial charge in [0.1, 0.15) is 5.82 Å². The zero-order valence-corrected chi connectivity index (χ0v) is 10.4. The number of hydrogen-bond acceptors (Lipinski definition) is 3. The lowest BCUT2D eigenvalue weighted by Crippen LogP contribution is -2.30. The van der Waals surface area contributed by atoms with Gasteiger partial charge in [0, 0.05) is 31.8 Å². The zero-order chi connectivity index (χ0) is 13.1. The summed E-state index contributed by atoms with van der Waals surface area (Å²) >= 11 is 0. The second-order valence-electron chi connectivity index (χ2n) is 4.60. The molecule has 98 valence electrons. The van der Waals surface area contributed by atoms with Gasteiger partial charge in [-0.2, -0.15) is 0 Å². The number of hydrogen-bond donors (Lipinski definition) is 1. The number of nitrogens with two attached hydrogens (primary N) is 1. The van der Waals surface area contributed by atoms with E-state index in [1.165, 1.54) is 18.2 Å². The van der Waals surface area contributed by atoms with E-state index in [2.05, 4.69) is 0 Å². The van der Waals surface area contributed by atoms with E-state index < -0.39 is 5.82 Å². The molecule has 18 heavy (non-hydrogen) atoms. The number of nitrogens with zero attached hydrogens (tertiary/aromatic N) is 1. The molecule has 1 aromatic rings. The molecule has 1 amide bonds. The van der Waals surface area contributed by atoms with E-state index in [1.54, 1.807) is 12.0 Å². The summed E-state index contributed by atoms with van der Waals surface area (Å²) in [6.45, 7) is 1.88. The topological polar surface area (TPSA) is 55.6 Å². The zero-order valence-electron chi connectivity index (χ0n) is 10.4. The summed E-state index contributed by atoms with van der Waals surface area (Å²) in [5, 5.41) is 0. The van der Waals surface area contributed by atoms with Crippen LogP contribution >= 0.6 is 0 Å². The largest absolute Gasteiger partial charge is 0.399 e. The Morgan fingerprint density at radius 1 is 1.61 bits per heavy atom. The minimum absolute atomic E-state index is 0.0491. The van der Waals surface area contributed by atoms with Crippen molar-refractivity contribution in [3.8, 4) is 0 Å².